The van der Waals surface area contributed by atoms with Gasteiger partial charge >= 0.3 is 0 Å². The van der Waals surface area contributed by atoms with Crippen LogP contribution < -0.4 is 9.64 Å². The summed E-state index contributed by atoms with van der Waals surface area (Å²) < 4.78 is 5.95. The van der Waals surface area contributed by atoms with Crippen molar-refractivity contribution in [3.63, 3.8) is 0 Å². The number of ether oxygens (including phenoxy) is 1. The summed E-state index contributed by atoms with van der Waals surface area (Å²) in [5, 5.41) is 0. The van der Waals surface area contributed by atoms with Crippen LogP contribution in [-0.4, -0.2) is 54.1 Å². The molecule has 0 aromatic carbocycles. The Hall–Kier alpha value is -1.85. The molecule has 1 aromatic heterocycles. The first-order valence-electron chi connectivity index (χ1n) is 7.98. The van der Waals surface area contributed by atoms with Gasteiger partial charge in [-0.05, 0) is 25.7 Å². The van der Waals surface area contributed by atoms with E-state index in [0.29, 0.717) is 19.0 Å². The molecule has 1 aliphatic rings. The summed E-state index contributed by atoms with van der Waals surface area (Å²) in [6.45, 7) is 2.93. The molecular weight excluding hydrogens is 280 g/mol. The van der Waals surface area contributed by atoms with E-state index in [0.717, 1.165) is 18.7 Å². The molecule has 0 bridgehead atoms. The van der Waals surface area contributed by atoms with E-state index in [4.69, 9.17) is 4.74 Å². The molecule has 122 valence electrons. The first-order chi connectivity index (χ1) is 10.6. The summed E-state index contributed by atoms with van der Waals surface area (Å²) in [6, 6.07) is 0. The molecule has 0 unspecified atom stereocenters. The van der Waals surface area contributed by atoms with Crippen molar-refractivity contribution in [3.8, 4) is 5.88 Å². The van der Waals surface area contributed by atoms with Gasteiger partial charge in [-0.3, -0.25) is 9.78 Å². The van der Waals surface area contributed by atoms with Gasteiger partial charge in [0.2, 0.25) is 11.8 Å². The van der Waals surface area contributed by atoms with Crippen LogP contribution in [0.25, 0.3) is 0 Å². The quantitative estimate of drug-likeness (QED) is 0.805. The molecule has 22 heavy (non-hydrogen) atoms. The fourth-order valence-corrected chi connectivity index (χ4v) is 2.50. The maximum absolute atomic E-state index is 11.2. The molecule has 1 amide bonds. The van der Waals surface area contributed by atoms with Gasteiger partial charge in [0.05, 0.1) is 12.4 Å². The molecule has 0 radical (unpaired) electrons. The SMILES string of the molecule is CC(=O)N(C)CCN(C)c1cncc(OC2CCCCC2)n1. The Kier molecular flexibility index (Phi) is 5.98. The minimum Gasteiger partial charge on any atom is -0.473 e. The Bertz CT molecular complexity index is 489. The lowest BCUT2D eigenvalue weighted by molar-refractivity contribution is -0.127. The second kappa shape index (κ2) is 7.96. The predicted molar refractivity (Wildman–Crippen MR) is 86.1 cm³/mol. The minimum absolute atomic E-state index is 0.0638. The van der Waals surface area contributed by atoms with Crippen molar-refractivity contribution in [2.75, 3.05) is 32.1 Å². The molecule has 1 aliphatic carbocycles. The van der Waals surface area contributed by atoms with Gasteiger partial charge in [-0.1, -0.05) is 6.42 Å². The molecule has 0 aliphatic heterocycles. The highest BCUT2D eigenvalue weighted by molar-refractivity contribution is 5.72. The second-order valence-corrected chi connectivity index (χ2v) is 5.96. The van der Waals surface area contributed by atoms with Gasteiger partial charge in [0, 0.05) is 34.1 Å². The summed E-state index contributed by atoms with van der Waals surface area (Å²) in [5.41, 5.74) is 0. The molecule has 6 nitrogen and oxygen atoms in total. The average molecular weight is 306 g/mol. The molecule has 1 heterocycles. The zero-order chi connectivity index (χ0) is 15.9. The van der Waals surface area contributed by atoms with Crippen molar-refractivity contribution in [2.45, 2.75) is 45.1 Å². The lowest BCUT2D eigenvalue weighted by atomic mass is 9.98. The van der Waals surface area contributed by atoms with E-state index in [-0.39, 0.29) is 12.0 Å². The smallest absolute Gasteiger partial charge is 0.234 e. The highest BCUT2D eigenvalue weighted by Crippen LogP contribution is 2.22. The van der Waals surface area contributed by atoms with Crippen molar-refractivity contribution in [1.82, 2.24) is 14.9 Å². The fourth-order valence-electron chi connectivity index (χ4n) is 2.50. The molecule has 6 heteroatoms. The number of anilines is 1. The first-order valence-corrected chi connectivity index (χ1v) is 7.98. The largest absolute Gasteiger partial charge is 0.473 e. The summed E-state index contributed by atoms with van der Waals surface area (Å²) in [6.07, 6.45) is 9.64. The van der Waals surface area contributed by atoms with Crippen LogP contribution in [0.1, 0.15) is 39.0 Å². The number of hydrogen-bond acceptors (Lipinski definition) is 5. The summed E-state index contributed by atoms with van der Waals surface area (Å²) in [7, 11) is 3.74. The number of hydrogen-bond donors (Lipinski definition) is 0. The number of amides is 1. The Balaban J connectivity index is 1.90. The van der Waals surface area contributed by atoms with E-state index >= 15 is 0 Å². The van der Waals surface area contributed by atoms with E-state index < -0.39 is 0 Å². The van der Waals surface area contributed by atoms with Crippen molar-refractivity contribution >= 4 is 11.7 Å². The van der Waals surface area contributed by atoms with Crippen LogP contribution in [0.5, 0.6) is 5.88 Å². The number of carbonyl (C=O) groups excluding carboxylic acids is 1. The van der Waals surface area contributed by atoms with Gasteiger partial charge in [-0.15, -0.1) is 0 Å². The molecule has 1 fully saturated rings. The van der Waals surface area contributed by atoms with Crippen molar-refractivity contribution in [1.29, 1.82) is 0 Å². The molecule has 0 saturated heterocycles. The third-order valence-corrected chi connectivity index (χ3v) is 4.14. The number of likely N-dealkylation sites (N-methyl/N-ethyl adjacent to an activating group) is 2. The molecule has 0 N–H and O–H groups in total. The summed E-state index contributed by atoms with van der Waals surface area (Å²) in [4.78, 5) is 23.7. The van der Waals surface area contributed by atoms with Gasteiger partial charge in [-0.25, -0.2) is 0 Å². The van der Waals surface area contributed by atoms with Gasteiger partial charge in [0.15, 0.2) is 5.82 Å². The summed E-state index contributed by atoms with van der Waals surface area (Å²) >= 11 is 0. The average Bonchev–Trinajstić information content (AvgIpc) is 2.53. The molecule has 0 spiro atoms. The molecule has 0 atom stereocenters. The third-order valence-electron chi connectivity index (χ3n) is 4.14. The van der Waals surface area contributed by atoms with Crippen LogP contribution in [0.2, 0.25) is 0 Å². The van der Waals surface area contributed by atoms with Crippen LogP contribution in [0.15, 0.2) is 12.4 Å². The van der Waals surface area contributed by atoms with Crippen molar-refractivity contribution in [2.24, 2.45) is 0 Å². The second-order valence-electron chi connectivity index (χ2n) is 5.96. The van der Waals surface area contributed by atoms with Crippen LogP contribution in [0.4, 0.5) is 5.82 Å². The number of nitrogens with zero attached hydrogens (tertiary/aromatic N) is 4. The Labute approximate surface area is 132 Å². The molecule has 2 rings (SSSR count). The van der Waals surface area contributed by atoms with Crippen LogP contribution >= 0.6 is 0 Å². The molecule has 1 aromatic rings. The van der Waals surface area contributed by atoms with Gasteiger partial charge in [0.1, 0.15) is 6.10 Å². The van der Waals surface area contributed by atoms with Crippen LogP contribution in [0.3, 0.4) is 0 Å². The van der Waals surface area contributed by atoms with Crippen LogP contribution in [0, 0.1) is 0 Å². The summed E-state index contributed by atoms with van der Waals surface area (Å²) in [5.74, 6) is 1.43. The maximum atomic E-state index is 11.2. The monoisotopic (exact) mass is 306 g/mol. The van der Waals surface area contributed by atoms with Gasteiger partial charge in [-0.2, -0.15) is 4.98 Å². The van der Waals surface area contributed by atoms with E-state index in [1.807, 2.05) is 11.9 Å². The zero-order valence-corrected chi connectivity index (χ0v) is 13.8. The molecule has 1 saturated carbocycles. The number of aromatic nitrogens is 2. The van der Waals surface area contributed by atoms with Crippen molar-refractivity contribution in [3.05, 3.63) is 12.4 Å². The lowest BCUT2D eigenvalue weighted by Crippen LogP contribution is -2.33. The predicted octanol–water partition coefficient (Wildman–Crippen LogP) is 2.10. The Morgan fingerprint density at radius 3 is 2.64 bits per heavy atom. The van der Waals surface area contributed by atoms with E-state index in [9.17, 15) is 4.79 Å². The standard InChI is InChI=1S/C16H26N4O2/c1-13(21)19(2)9-10-20(3)15-11-17-12-16(18-15)22-14-7-5-4-6-8-14/h11-12,14H,4-10H2,1-3H3. The van der Waals surface area contributed by atoms with Crippen molar-refractivity contribution < 1.29 is 9.53 Å². The zero-order valence-electron chi connectivity index (χ0n) is 13.8. The third kappa shape index (κ3) is 4.86. The normalized spacial score (nSPS) is 15.4. The van der Waals surface area contributed by atoms with E-state index in [1.165, 1.54) is 19.3 Å². The first kappa shape index (κ1) is 16.5. The highest BCUT2D eigenvalue weighted by Gasteiger charge is 2.16. The maximum Gasteiger partial charge on any atom is 0.234 e. The highest BCUT2D eigenvalue weighted by atomic mass is 16.5. The molecular formula is C16H26N4O2. The van der Waals surface area contributed by atoms with Crippen LogP contribution in [-0.2, 0) is 4.79 Å². The Morgan fingerprint density at radius 1 is 1.23 bits per heavy atom. The van der Waals surface area contributed by atoms with Gasteiger partial charge in [0.25, 0.3) is 0 Å². The number of rotatable bonds is 6. The fraction of sp³-hybridized carbons (Fsp3) is 0.688. The topological polar surface area (TPSA) is 58.6 Å². The van der Waals surface area contributed by atoms with E-state index in [1.54, 1.807) is 31.3 Å². The van der Waals surface area contributed by atoms with E-state index in [2.05, 4.69) is 9.97 Å². The lowest BCUT2D eigenvalue weighted by Gasteiger charge is -2.24. The number of carbonyl (C=O) groups is 1. The van der Waals surface area contributed by atoms with Gasteiger partial charge < -0.3 is 14.5 Å². The Morgan fingerprint density at radius 2 is 1.95 bits per heavy atom. The minimum atomic E-state index is 0.0638.